The minimum absolute atomic E-state index is 0.191. The van der Waals surface area contributed by atoms with Gasteiger partial charge in [0.05, 0.1) is 7.11 Å². The summed E-state index contributed by atoms with van der Waals surface area (Å²) in [7, 11) is 1.43. The molecule has 0 aliphatic rings. The van der Waals surface area contributed by atoms with Crippen LogP contribution in [0.25, 0.3) is 11.1 Å². The van der Waals surface area contributed by atoms with Crippen LogP contribution in [0.1, 0.15) is 0 Å². The number of benzene rings is 2. The molecule has 0 unspecified atom stereocenters. The van der Waals surface area contributed by atoms with Crippen LogP contribution < -0.4 is 14.8 Å². The molecule has 0 spiro atoms. The van der Waals surface area contributed by atoms with E-state index in [2.05, 4.69) is 15.3 Å². The minimum Gasteiger partial charge on any atom is -0.494 e. The fourth-order valence-electron chi connectivity index (χ4n) is 2.83. The molecule has 0 saturated carbocycles. The van der Waals surface area contributed by atoms with Gasteiger partial charge in [0.1, 0.15) is 11.6 Å². The summed E-state index contributed by atoms with van der Waals surface area (Å²) in [5.74, 6) is -1.24. The van der Waals surface area contributed by atoms with Gasteiger partial charge in [0.15, 0.2) is 11.6 Å². The number of carboxylic acids is 1. The van der Waals surface area contributed by atoms with Crippen molar-refractivity contribution in [2.45, 2.75) is 6.18 Å². The number of pyridine rings is 2. The minimum atomic E-state index is -5.08. The predicted octanol–water partition coefficient (Wildman–Crippen LogP) is 6.46. The number of carboxylic acid groups (broad SMARTS) is 1. The molecule has 7 nitrogen and oxygen atoms in total. The molecule has 0 atom stereocenters. The maximum Gasteiger partial charge on any atom is 0.490 e. The van der Waals surface area contributed by atoms with Crippen LogP contribution in [0.5, 0.6) is 17.4 Å². The van der Waals surface area contributed by atoms with Crippen LogP contribution in [0.4, 0.5) is 29.1 Å². The molecule has 0 radical (unpaired) electrons. The third kappa shape index (κ3) is 7.16. The second kappa shape index (κ2) is 11.6. The summed E-state index contributed by atoms with van der Waals surface area (Å²) in [4.78, 5) is 17.4. The number of aromatic nitrogens is 2. The number of carbonyl (C=O) groups is 1. The van der Waals surface area contributed by atoms with Crippen molar-refractivity contribution >= 4 is 17.5 Å². The fraction of sp³-hybridized carbons (Fsp3) is 0.0800. The zero-order valence-electron chi connectivity index (χ0n) is 18.7. The van der Waals surface area contributed by atoms with Crippen LogP contribution in [-0.2, 0) is 4.79 Å². The fourth-order valence-corrected chi connectivity index (χ4v) is 2.83. The van der Waals surface area contributed by atoms with E-state index in [0.29, 0.717) is 22.8 Å². The molecule has 2 aromatic heterocycles. The normalized spacial score (nSPS) is 10.6. The Labute approximate surface area is 203 Å². The van der Waals surface area contributed by atoms with Gasteiger partial charge in [-0.05, 0) is 66.2 Å². The SMILES string of the molecule is COc1ccc(-c2cccnc2Oc2ccc(Nc3ccccn3)cc2)cc1F.O=C(O)C(F)(F)F. The number of alkyl halides is 3. The Kier molecular flexibility index (Phi) is 8.39. The molecular formula is C25H19F4N3O4. The van der Waals surface area contributed by atoms with Crippen molar-refractivity contribution in [3.05, 3.63) is 91.0 Å². The summed E-state index contributed by atoms with van der Waals surface area (Å²) >= 11 is 0. The first-order valence-electron chi connectivity index (χ1n) is 10.2. The van der Waals surface area contributed by atoms with Gasteiger partial charge in [0, 0.05) is 23.6 Å². The first kappa shape index (κ1) is 25.9. The summed E-state index contributed by atoms with van der Waals surface area (Å²) < 4.78 is 56.8. The van der Waals surface area contributed by atoms with Crippen molar-refractivity contribution in [3.63, 3.8) is 0 Å². The largest absolute Gasteiger partial charge is 0.494 e. The third-order valence-electron chi connectivity index (χ3n) is 4.48. The highest BCUT2D eigenvalue weighted by atomic mass is 19.4. The molecular weight excluding hydrogens is 482 g/mol. The number of aliphatic carboxylic acids is 1. The molecule has 2 N–H and O–H groups in total. The van der Waals surface area contributed by atoms with Crippen molar-refractivity contribution in [1.82, 2.24) is 9.97 Å². The molecule has 2 heterocycles. The van der Waals surface area contributed by atoms with E-state index < -0.39 is 18.0 Å². The van der Waals surface area contributed by atoms with E-state index in [4.69, 9.17) is 19.4 Å². The Hall–Kier alpha value is -4.67. The second-order valence-corrected chi connectivity index (χ2v) is 6.97. The lowest BCUT2D eigenvalue weighted by molar-refractivity contribution is -0.192. The molecule has 0 aliphatic heterocycles. The quantitative estimate of drug-likeness (QED) is 0.293. The number of nitrogens with zero attached hydrogens (tertiary/aromatic N) is 2. The van der Waals surface area contributed by atoms with Crippen molar-refractivity contribution in [3.8, 4) is 28.5 Å². The molecule has 11 heteroatoms. The Morgan fingerprint density at radius 2 is 1.64 bits per heavy atom. The van der Waals surface area contributed by atoms with Crippen LogP contribution >= 0.6 is 0 Å². The first-order valence-corrected chi connectivity index (χ1v) is 10.2. The molecule has 0 fully saturated rings. The smallest absolute Gasteiger partial charge is 0.490 e. The highest BCUT2D eigenvalue weighted by molar-refractivity contribution is 5.73. The topological polar surface area (TPSA) is 93.6 Å². The van der Waals surface area contributed by atoms with Gasteiger partial charge in [-0.15, -0.1) is 0 Å². The van der Waals surface area contributed by atoms with Gasteiger partial charge in [-0.25, -0.2) is 19.2 Å². The van der Waals surface area contributed by atoms with E-state index in [1.807, 2.05) is 48.5 Å². The van der Waals surface area contributed by atoms with E-state index in [1.165, 1.54) is 13.2 Å². The van der Waals surface area contributed by atoms with E-state index in [1.54, 1.807) is 30.6 Å². The Morgan fingerprint density at radius 1 is 0.944 bits per heavy atom. The van der Waals surface area contributed by atoms with Crippen LogP contribution in [0.2, 0.25) is 0 Å². The number of ether oxygens (including phenoxy) is 2. The standard InChI is InChI=1S/C23H18FN3O2.C2HF3O2/c1-28-21-12-7-16(15-20(21)24)19-5-4-14-26-23(19)29-18-10-8-17(9-11-18)27-22-6-2-3-13-25-22;3-2(4,5)1(6)7/h2-15H,1H3,(H,25,27);(H,6,7). The van der Waals surface area contributed by atoms with Crippen molar-refractivity contribution in [2.75, 3.05) is 12.4 Å². The number of nitrogens with one attached hydrogen (secondary N) is 1. The number of methoxy groups -OCH3 is 1. The molecule has 36 heavy (non-hydrogen) atoms. The van der Waals surface area contributed by atoms with Gasteiger partial charge in [-0.2, -0.15) is 13.2 Å². The number of anilines is 2. The Balaban J connectivity index is 0.000000454. The second-order valence-electron chi connectivity index (χ2n) is 6.97. The maximum atomic E-state index is 14.1. The van der Waals surface area contributed by atoms with E-state index in [0.717, 1.165) is 11.5 Å². The Morgan fingerprint density at radius 3 is 2.22 bits per heavy atom. The van der Waals surface area contributed by atoms with Crippen molar-refractivity contribution in [2.24, 2.45) is 0 Å². The van der Waals surface area contributed by atoms with Gasteiger partial charge in [0.25, 0.3) is 0 Å². The predicted molar refractivity (Wildman–Crippen MR) is 124 cm³/mol. The monoisotopic (exact) mass is 501 g/mol. The highest BCUT2D eigenvalue weighted by Gasteiger charge is 2.38. The van der Waals surface area contributed by atoms with Gasteiger partial charge < -0.3 is 19.9 Å². The lowest BCUT2D eigenvalue weighted by atomic mass is 10.1. The lowest BCUT2D eigenvalue weighted by Crippen LogP contribution is -2.21. The summed E-state index contributed by atoms with van der Waals surface area (Å²) in [6, 6.07) is 21.5. The van der Waals surface area contributed by atoms with Crippen molar-refractivity contribution < 1.29 is 36.9 Å². The van der Waals surface area contributed by atoms with E-state index >= 15 is 0 Å². The van der Waals surface area contributed by atoms with Gasteiger partial charge in [-0.1, -0.05) is 12.1 Å². The molecule has 4 aromatic rings. The molecule has 0 aliphatic carbocycles. The van der Waals surface area contributed by atoms with E-state index in [9.17, 15) is 17.6 Å². The lowest BCUT2D eigenvalue weighted by Gasteiger charge is -2.12. The zero-order valence-corrected chi connectivity index (χ0v) is 18.7. The van der Waals surface area contributed by atoms with E-state index in [-0.39, 0.29) is 5.75 Å². The zero-order chi connectivity index (χ0) is 26.1. The van der Waals surface area contributed by atoms with Crippen LogP contribution in [0, 0.1) is 5.82 Å². The molecule has 2 aromatic carbocycles. The number of rotatable bonds is 6. The van der Waals surface area contributed by atoms with Crippen LogP contribution in [0.15, 0.2) is 85.2 Å². The Bertz CT molecular complexity index is 1300. The van der Waals surface area contributed by atoms with Gasteiger partial charge in [-0.3, -0.25) is 0 Å². The summed E-state index contributed by atoms with van der Waals surface area (Å²) in [6.07, 6.45) is -1.72. The molecule has 0 saturated heterocycles. The van der Waals surface area contributed by atoms with Crippen LogP contribution in [0.3, 0.4) is 0 Å². The summed E-state index contributed by atoms with van der Waals surface area (Å²) in [5.41, 5.74) is 2.22. The average molecular weight is 501 g/mol. The van der Waals surface area contributed by atoms with Crippen molar-refractivity contribution in [1.29, 1.82) is 0 Å². The molecule has 0 amide bonds. The maximum absolute atomic E-state index is 14.1. The highest BCUT2D eigenvalue weighted by Crippen LogP contribution is 2.33. The number of halogens is 4. The number of hydrogen-bond donors (Lipinski definition) is 2. The molecule has 186 valence electrons. The first-order chi connectivity index (χ1) is 17.2. The van der Waals surface area contributed by atoms with Gasteiger partial charge in [0.2, 0.25) is 5.88 Å². The third-order valence-corrected chi connectivity index (χ3v) is 4.48. The van der Waals surface area contributed by atoms with Gasteiger partial charge >= 0.3 is 12.1 Å². The average Bonchev–Trinajstić information content (AvgIpc) is 2.86. The van der Waals surface area contributed by atoms with Crippen LogP contribution in [-0.4, -0.2) is 34.3 Å². The summed E-state index contributed by atoms with van der Waals surface area (Å²) in [6.45, 7) is 0. The molecule has 4 rings (SSSR count). The molecule has 0 bridgehead atoms. The summed E-state index contributed by atoms with van der Waals surface area (Å²) in [5, 5.41) is 10.3. The number of hydrogen-bond acceptors (Lipinski definition) is 6.